The van der Waals surface area contributed by atoms with Gasteiger partial charge in [0.15, 0.2) is 5.78 Å². The second-order valence-corrected chi connectivity index (χ2v) is 14.5. The molecule has 0 saturated carbocycles. The van der Waals surface area contributed by atoms with Gasteiger partial charge in [-0.3, -0.25) is 48.8 Å². The number of benzene rings is 4. The van der Waals surface area contributed by atoms with Crippen LogP contribution < -0.4 is 26.2 Å². The highest BCUT2D eigenvalue weighted by Crippen LogP contribution is 2.35. The number of carbonyl (C=O) groups excluding carboxylic acids is 7. The highest BCUT2D eigenvalue weighted by atomic mass is 16.2. The largest absolute Gasteiger partial charge is 0.367 e. The minimum atomic E-state index is -1.07. The summed E-state index contributed by atoms with van der Waals surface area (Å²) in [5.74, 6) is -2.87. The van der Waals surface area contributed by atoms with Crippen LogP contribution in [0.5, 0.6) is 0 Å². The molecule has 14 heteroatoms. The fourth-order valence-corrected chi connectivity index (χ4v) is 7.47. The maximum absolute atomic E-state index is 13.4. The minimum Gasteiger partial charge on any atom is -0.367 e. The average Bonchev–Trinajstić information content (AvgIpc) is 3.50. The van der Waals surface area contributed by atoms with Crippen molar-refractivity contribution in [3.05, 3.63) is 119 Å². The number of ketones is 1. The summed E-state index contributed by atoms with van der Waals surface area (Å²) in [6, 6.07) is 26.5. The lowest BCUT2D eigenvalue weighted by Crippen LogP contribution is -2.54. The van der Waals surface area contributed by atoms with Crippen LogP contribution in [-0.2, 0) is 14.4 Å². The number of Topliss-reactive ketones (excluding diaryl/α,β-unsaturated/α-hetero) is 1. The number of rotatable bonds is 15. The van der Waals surface area contributed by atoms with Crippen LogP contribution in [0.25, 0.3) is 22.0 Å². The number of aromatic nitrogens is 1. The predicted molar refractivity (Wildman–Crippen MR) is 222 cm³/mol. The molecule has 4 aromatic carbocycles. The molecular formula is C45H43N7O7. The first-order chi connectivity index (χ1) is 28.5. The molecule has 300 valence electrons. The molecule has 1 atom stereocenters. The van der Waals surface area contributed by atoms with Crippen LogP contribution in [0.2, 0.25) is 0 Å². The molecule has 1 aromatic heterocycles. The summed E-state index contributed by atoms with van der Waals surface area (Å²) in [4.78, 5) is 96.5. The number of hydrogen-bond donors (Lipinski definition) is 4. The number of anilines is 3. The standard InChI is InChI=1S/C45H43N7O7/c1-46-42(56)34-25-48-35-20-19-29(24-33(35)40(34)49-30-10-5-3-6-11-30)27-15-17-28(18-16-27)41(55)47-23-8-4-7-12-31(53)26-51(2)36-14-9-13-32-39(36)45(59)52(44(32)58)37-21-22-38(54)50-43(37)57/h3,5-6,9-11,13-20,24-25,37H,4,7-8,12,21-23,26H2,1-2H3,(H,46,56)(H,47,55)(H,48,49)(H,50,54,57). The fourth-order valence-electron chi connectivity index (χ4n) is 7.47. The van der Waals surface area contributed by atoms with Gasteiger partial charge in [0, 0.05) is 56.3 Å². The minimum absolute atomic E-state index is 0.0158. The zero-order valence-electron chi connectivity index (χ0n) is 32.7. The van der Waals surface area contributed by atoms with Crippen LogP contribution in [0.4, 0.5) is 17.1 Å². The molecule has 2 aliphatic heterocycles. The summed E-state index contributed by atoms with van der Waals surface area (Å²) in [6.45, 7) is 0.454. The number of piperidine rings is 1. The van der Waals surface area contributed by atoms with Gasteiger partial charge in [0.25, 0.3) is 23.6 Å². The van der Waals surface area contributed by atoms with E-state index in [0.717, 1.165) is 32.6 Å². The predicted octanol–water partition coefficient (Wildman–Crippen LogP) is 5.40. The van der Waals surface area contributed by atoms with E-state index in [2.05, 4.69) is 26.3 Å². The number of nitrogens with zero attached hydrogens (tertiary/aromatic N) is 3. The number of para-hydroxylation sites is 1. The number of carbonyl (C=O) groups is 7. The normalized spacial score (nSPS) is 14.8. The topological polar surface area (TPSA) is 187 Å². The maximum atomic E-state index is 13.4. The fraction of sp³-hybridized carbons (Fsp3) is 0.244. The molecule has 0 aliphatic carbocycles. The molecule has 14 nitrogen and oxygen atoms in total. The first kappa shape index (κ1) is 40.0. The van der Waals surface area contributed by atoms with E-state index < -0.39 is 29.7 Å². The average molecular weight is 794 g/mol. The van der Waals surface area contributed by atoms with Gasteiger partial charge in [-0.1, -0.05) is 48.9 Å². The molecule has 1 saturated heterocycles. The van der Waals surface area contributed by atoms with Crippen molar-refractivity contribution in [2.24, 2.45) is 0 Å². The third-order valence-corrected chi connectivity index (χ3v) is 10.6. The molecule has 7 rings (SSSR count). The molecule has 0 bridgehead atoms. The number of fused-ring (bicyclic) bond motifs is 2. The lowest BCUT2D eigenvalue weighted by molar-refractivity contribution is -0.136. The molecule has 5 aromatic rings. The van der Waals surface area contributed by atoms with Crippen molar-refractivity contribution in [1.29, 1.82) is 0 Å². The number of hydrogen-bond acceptors (Lipinski definition) is 10. The lowest BCUT2D eigenvalue weighted by atomic mass is 9.99. The maximum Gasteiger partial charge on any atom is 0.264 e. The van der Waals surface area contributed by atoms with Crippen LogP contribution in [0.3, 0.4) is 0 Å². The number of imide groups is 2. The Hall–Kier alpha value is -7.22. The molecule has 59 heavy (non-hydrogen) atoms. The van der Waals surface area contributed by atoms with Crippen molar-refractivity contribution < 1.29 is 33.6 Å². The van der Waals surface area contributed by atoms with Gasteiger partial charge in [0.2, 0.25) is 11.8 Å². The van der Waals surface area contributed by atoms with Gasteiger partial charge in [0.05, 0.1) is 40.1 Å². The van der Waals surface area contributed by atoms with Gasteiger partial charge < -0.3 is 20.9 Å². The molecule has 1 fully saturated rings. The molecule has 1 unspecified atom stereocenters. The first-order valence-electron chi connectivity index (χ1n) is 19.5. The highest BCUT2D eigenvalue weighted by molar-refractivity contribution is 6.25. The Balaban J connectivity index is 0.891. The molecule has 3 heterocycles. The van der Waals surface area contributed by atoms with Crippen LogP contribution in [-0.4, -0.2) is 84.3 Å². The molecular weight excluding hydrogens is 751 g/mol. The van der Waals surface area contributed by atoms with Crippen molar-refractivity contribution in [3.63, 3.8) is 0 Å². The van der Waals surface area contributed by atoms with Gasteiger partial charge in [0.1, 0.15) is 6.04 Å². The molecule has 0 radical (unpaired) electrons. The summed E-state index contributed by atoms with van der Waals surface area (Å²) in [6.07, 6.45) is 3.94. The van der Waals surface area contributed by atoms with Crippen molar-refractivity contribution in [2.75, 3.05) is 37.4 Å². The van der Waals surface area contributed by atoms with Gasteiger partial charge in [-0.25, -0.2) is 0 Å². The molecule has 0 spiro atoms. The van der Waals surface area contributed by atoms with Crippen molar-refractivity contribution >= 4 is 69.2 Å². The van der Waals surface area contributed by atoms with Crippen LogP contribution in [0.15, 0.2) is 97.2 Å². The Morgan fingerprint density at radius 3 is 2.36 bits per heavy atom. The second kappa shape index (κ2) is 17.5. The van der Waals surface area contributed by atoms with E-state index in [9.17, 15) is 33.6 Å². The smallest absolute Gasteiger partial charge is 0.264 e. The SMILES string of the molecule is CNC(=O)c1cnc2ccc(-c3ccc(C(=O)NCCCCCC(=O)CN(C)c4cccc5c4C(=O)N(C4CCC(=O)NC4=O)C5=O)cc3)cc2c1Nc1ccccc1. The summed E-state index contributed by atoms with van der Waals surface area (Å²) < 4.78 is 0. The van der Waals surface area contributed by atoms with Gasteiger partial charge >= 0.3 is 0 Å². The summed E-state index contributed by atoms with van der Waals surface area (Å²) in [7, 11) is 3.25. The zero-order chi connectivity index (χ0) is 41.6. The summed E-state index contributed by atoms with van der Waals surface area (Å²) in [5, 5.41) is 12.0. The second-order valence-electron chi connectivity index (χ2n) is 14.5. The Kier molecular flexibility index (Phi) is 11.9. The monoisotopic (exact) mass is 793 g/mol. The number of likely N-dealkylation sites (N-methyl/N-ethyl adjacent to an activating group) is 1. The number of nitrogens with one attached hydrogen (secondary N) is 4. The van der Waals surface area contributed by atoms with E-state index in [4.69, 9.17) is 0 Å². The van der Waals surface area contributed by atoms with E-state index in [1.54, 1.807) is 49.5 Å². The van der Waals surface area contributed by atoms with E-state index in [-0.39, 0.29) is 48.1 Å². The molecule has 2 aliphatic rings. The molecule has 4 N–H and O–H groups in total. The third-order valence-electron chi connectivity index (χ3n) is 10.6. The third kappa shape index (κ3) is 8.56. The van der Waals surface area contributed by atoms with Crippen molar-refractivity contribution in [1.82, 2.24) is 25.8 Å². The zero-order valence-corrected chi connectivity index (χ0v) is 32.7. The van der Waals surface area contributed by atoms with E-state index in [1.165, 1.54) is 6.07 Å². The number of unbranched alkanes of at least 4 members (excludes halogenated alkanes) is 2. The van der Waals surface area contributed by atoms with Crippen LogP contribution >= 0.6 is 0 Å². The van der Waals surface area contributed by atoms with Gasteiger partial charge in [-0.2, -0.15) is 0 Å². The van der Waals surface area contributed by atoms with E-state index in [0.29, 0.717) is 54.7 Å². The highest BCUT2D eigenvalue weighted by Gasteiger charge is 2.46. The lowest BCUT2D eigenvalue weighted by Gasteiger charge is -2.28. The molecule has 6 amide bonds. The first-order valence-corrected chi connectivity index (χ1v) is 19.5. The van der Waals surface area contributed by atoms with Gasteiger partial charge in [-0.15, -0.1) is 0 Å². The van der Waals surface area contributed by atoms with Crippen LogP contribution in [0.1, 0.15) is 80.0 Å². The Labute approximate surface area is 340 Å². The number of pyridine rings is 1. The summed E-state index contributed by atoms with van der Waals surface area (Å²) >= 11 is 0. The number of amides is 6. The summed E-state index contributed by atoms with van der Waals surface area (Å²) in [5.41, 5.74) is 5.61. The Morgan fingerprint density at radius 2 is 1.61 bits per heavy atom. The van der Waals surface area contributed by atoms with Gasteiger partial charge in [-0.05, 0) is 78.9 Å². The quantitative estimate of drug-likeness (QED) is 0.0790. The Morgan fingerprint density at radius 1 is 0.847 bits per heavy atom. The van der Waals surface area contributed by atoms with Crippen LogP contribution in [0, 0.1) is 0 Å². The van der Waals surface area contributed by atoms with Crippen molar-refractivity contribution in [3.8, 4) is 11.1 Å². The van der Waals surface area contributed by atoms with Crippen molar-refractivity contribution in [2.45, 2.75) is 44.6 Å². The van der Waals surface area contributed by atoms with E-state index in [1.807, 2.05) is 60.7 Å². The Bertz CT molecular complexity index is 2490. The van der Waals surface area contributed by atoms with E-state index >= 15 is 0 Å².